The minimum Gasteiger partial charge on any atom is -0.505 e. The van der Waals surface area contributed by atoms with Crippen LogP contribution in [0.3, 0.4) is 0 Å². The van der Waals surface area contributed by atoms with E-state index in [9.17, 15) is 31.1 Å². The van der Waals surface area contributed by atoms with Crippen LogP contribution in [-0.4, -0.2) is 52.7 Å². The molecule has 1 aliphatic heterocycles. The number of aliphatic carboxylic acids is 1. The number of likely N-dealkylation sites (tertiary alicyclic amines) is 1. The Morgan fingerprint density at radius 2 is 1.69 bits per heavy atom. The van der Waals surface area contributed by atoms with Crippen LogP contribution in [-0.2, 0) is 21.4 Å². The molecule has 1 saturated heterocycles. The van der Waals surface area contributed by atoms with Gasteiger partial charge in [-0.05, 0) is 37.7 Å². The van der Waals surface area contributed by atoms with E-state index in [1.54, 1.807) is 24.3 Å². The predicted molar refractivity (Wildman–Crippen MR) is 106 cm³/mol. The maximum absolute atomic E-state index is 14.3. The molecule has 0 radical (unpaired) electrons. The zero-order valence-electron chi connectivity index (χ0n) is 16.4. The van der Waals surface area contributed by atoms with Crippen LogP contribution >= 0.6 is 0 Å². The molecule has 3 aromatic rings. The number of phenols is 1. The molecule has 1 aliphatic rings. The Morgan fingerprint density at radius 1 is 1.09 bits per heavy atom. The van der Waals surface area contributed by atoms with Gasteiger partial charge in [0.2, 0.25) is 0 Å². The largest absolute Gasteiger partial charge is 0.505 e. The Hall–Kier alpha value is -3.12. The third kappa shape index (κ3) is 4.70. The first-order valence-corrected chi connectivity index (χ1v) is 10.7. The van der Waals surface area contributed by atoms with E-state index in [0.717, 1.165) is 29.5 Å². The van der Waals surface area contributed by atoms with Gasteiger partial charge in [-0.1, -0.05) is 18.2 Å². The molecule has 2 aromatic carbocycles. The fourth-order valence-electron chi connectivity index (χ4n) is 3.12. The molecule has 2 N–H and O–H groups in total. The molecule has 0 amide bonds. The van der Waals surface area contributed by atoms with Gasteiger partial charge in [0.25, 0.3) is 10.0 Å². The maximum atomic E-state index is 14.3. The van der Waals surface area contributed by atoms with Crippen LogP contribution in [0.5, 0.6) is 5.75 Å². The quantitative estimate of drug-likeness (QED) is 0.561. The molecule has 2 heterocycles. The molecular weight excluding hydrogens is 456 g/mol. The van der Waals surface area contributed by atoms with Crippen molar-refractivity contribution in [2.75, 3.05) is 13.1 Å². The summed E-state index contributed by atoms with van der Waals surface area (Å²) < 4.78 is 72.8. The molecular formula is C20H18F4N2O5S. The van der Waals surface area contributed by atoms with Crippen LogP contribution in [0.2, 0.25) is 0 Å². The van der Waals surface area contributed by atoms with Crippen LogP contribution in [0.4, 0.5) is 17.6 Å². The fraction of sp³-hybridized carbons (Fsp3) is 0.250. The highest BCUT2D eigenvalue weighted by Crippen LogP contribution is 2.34. The standard InChI is InChI=1S/C18H17FN2O3S.C2HF3O2/c19-16-11-17-14(15(18(16)22)12-20-8-4-9-20)7-10-21(17)25(23,24)13-5-2-1-3-6-13;3-2(4,5)1(6)7/h1-3,5-7,10-11,22H,4,8-9,12H2;(H,6,7). The highest BCUT2D eigenvalue weighted by atomic mass is 32.2. The van der Waals surface area contributed by atoms with E-state index in [1.807, 2.05) is 0 Å². The highest BCUT2D eigenvalue weighted by molar-refractivity contribution is 7.90. The van der Waals surface area contributed by atoms with Gasteiger partial charge in [0.05, 0.1) is 10.4 Å². The number of benzene rings is 2. The lowest BCUT2D eigenvalue weighted by Gasteiger charge is -2.31. The van der Waals surface area contributed by atoms with Gasteiger partial charge in [0.1, 0.15) is 0 Å². The molecule has 7 nitrogen and oxygen atoms in total. The lowest BCUT2D eigenvalue weighted by Crippen LogP contribution is -2.36. The Balaban J connectivity index is 0.000000360. The second-order valence-electron chi connectivity index (χ2n) is 6.98. The van der Waals surface area contributed by atoms with Crippen molar-refractivity contribution >= 4 is 26.9 Å². The summed E-state index contributed by atoms with van der Waals surface area (Å²) in [4.78, 5) is 11.1. The van der Waals surface area contributed by atoms with Crippen molar-refractivity contribution in [3.8, 4) is 5.75 Å². The number of carbonyl (C=O) groups is 1. The molecule has 0 spiro atoms. The van der Waals surface area contributed by atoms with Gasteiger partial charge in [0.15, 0.2) is 11.6 Å². The predicted octanol–water partition coefficient (Wildman–Crippen LogP) is 3.56. The average Bonchev–Trinajstić information content (AvgIpc) is 3.11. The number of carboxylic acids is 1. The van der Waals surface area contributed by atoms with Crippen molar-refractivity contribution < 1.29 is 41.0 Å². The Bertz CT molecular complexity index is 1240. The molecule has 12 heteroatoms. The van der Waals surface area contributed by atoms with E-state index in [-0.39, 0.29) is 10.4 Å². The lowest BCUT2D eigenvalue weighted by atomic mass is 10.1. The Labute approximate surface area is 180 Å². The first kappa shape index (κ1) is 23.5. The van der Waals surface area contributed by atoms with Crippen molar-refractivity contribution in [3.05, 3.63) is 60.0 Å². The number of halogens is 4. The second kappa shape index (κ2) is 8.79. The summed E-state index contributed by atoms with van der Waals surface area (Å²) in [7, 11) is -3.83. The zero-order chi connectivity index (χ0) is 23.7. The number of fused-ring (bicyclic) bond motifs is 1. The smallest absolute Gasteiger partial charge is 0.490 e. The minimum atomic E-state index is -5.08. The number of hydrogen-bond acceptors (Lipinski definition) is 5. The second-order valence-corrected chi connectivity index (χ2v) is 8.80. The average molecular weight is 474 g/mol. The van der Waals surface area contributed by atoms with Gasteiger partial charge in [-0.15, -0.1) is 0 Å². The van der Waals surface area contributed by atoms with Crippen molar-refractivity contribution in [3.63, 3.8) is 0 Å². The van der Waals surface area contributed by atoms with E-state index in [0.29, 0.717) is 17.5 Å². The van der Waals surface area contributed by atoms with Crippen LogP contribution in [0.25, 0.3) is 10.9 Å². The van der Waals surface area contributed by atoms with Crippen LogP contribution in [0, 0.1) is 5.82 Å². The summed E-state index contributed by atoms with van der Waals surface area (Å²) in [5, 5.41) is 17.8. The number of phenolic OH excluding ortho intramolecular Hbond substituents is 1. The van der Waals surface area contributed by atoms with E-state index in [4.69, 9.17) is 9.90 Å². The monoisotopic (exact) mass is 474 g/mol. The zero-order valence-corrected chi connectivity index (χ0v) is 17.2. The third-order valence-corrected chi connectivity index (χ3v) is 6.57. The Kier molecular flexibility index (Phi) is 6.46. The van der Waals surface area contributed by atoms with E-state index < -0.39 is 33.7 Å². The molecule has 1 fully saturated rings. The topological polar surface area (TPSA) is 99.8 Å². The molecule has 4 rings (SSSR count). The fourth-order valence-corrected chi connectivity index (χ4v) is 4.48. The van der Waals surface area contributed by atoms with Gasteiger partial charge in [0, 0.05) is 29.8 Å². The molecule has 0 saturated carbocycles. The van der Waals surface area contributed by atoms with Crippen LogP contribution in [0.15, 0.2) is 53.6 Å². The summed E-state index contributed by atoms with van der Waals surface area (Å²) in [6, 6.07) is 10.7. The van der Waals surface area contributed by atoms with Gasteiger partial charge in [-0.25, -0.2) is 21.6 Å². The summed E-state index contributed by atoms with van der Waals surface area (Å²) in [5.74, 6) is -3.98. The number of aromatic nitrogens is 1. The van der Waals surface area contributed by atoms with E-state index >= 15 is 0 Å². The van der Waals surface area contributed by atoms with E-state index in [2.05, 4.69) is 4.90 Å². The molecule has 172 valence electrons. The molecule has 32 heavy (non-hydrogen) atoms. The van der Waals surface area contributed by atoms with Gasteiger partial charge in [-0.2, -0.15) is 13.2 Å². The molecule has 0 unspecified atom stereocenters. The van der Waals surface area contributed by atoms with Crippen molar-refractivity contribution in [2.24, 2.45) is 0 Å². The highest BCUT2D eigenvalue weighted by Gasteiger charge is 2.38. The first-order valence-electron chi connectivity index (χ1n) is 9.27. The number of hydrogen-bond donors (Lipinski definition) is 2. The number of nitrogens with zero attached hydrogens (tertiary/aromatic N) is 2. The summed E-state index contributed by atoms with van der Waals surface area (Å²) in [5.41, 5.74) is 0.659. The van der Waals surface area contributed by atoms with Gasteiger partial charge in [-0.3, -0.25) is 4.90 Å². The molecule has 0 atom stereocenters. The lowest BCUT2D eigenvalue weighted by molar-refractivity contribution is -0.192. The molecule has 0 aliphatic carbocycles. The van der Waals surface area contributed by atoms with Crippen molar-refractivity contribution in [2.45, 2.75) is 24.0 Å². The Morgan fingerprint density at radius 3 is 2.19 bits per heavy atom. The number of carboxylic acid groups (broad SMARTS) is 1. The minimum absolute atomic E-state index is 0.130. The first-order chi connectivity index (χ1) is 14.9. The van der Waals surface area contributed by atoms with Crippen molar-refractivity contribution in [1.82, 2.24) is 8.87 Å². The normalized spacial score (nSPS) is 14.5. The number of alkyl halides is 3. The van der Waals surface area contributed by atoms with Gasteiger partial charge < -0.3 is 10.2 Å². The third-order valence-electron chi connectivity index (χ3n) is 4.86. The number of rotatable bonds is 4. The van der Waals surface area contributed by atoms with Crippen LogP contribution in [0.1, 0.15) is 12.0 Å². The number of aromatic hydroxyl groups is 1. The van der Waals surface area contributed by atoms with Crippen LogP contribution < -0.4 is 0 Å². The van der Waals surface area contributed by atoms with Crippen molar-refractivity contribution in [1.29, 1.82) is 0 Å². The summed E-state index contributed by atoms with van der Waals surface area (Å²) in [6.45, 7) is 2.18. The van der Waals surface area contributed by atoms with Gasteiger partial charge >= 0.3 is 12.1 Å². The molecule has 0 bridgehead atoms. The van der Waals surface area contributed by atoms with E-state index in [1.165, 1.54) is 18.3 Å². The maximum Gasteiger partial charge on any atom is 0.490 e. The summed E-state index contributed by atoms with van der Waals surface area (Å²) >= 11 is 0. The molecule has 1 aromatic heterocycles. The SMILES string of the molecule is O=C(O)C(F)(F)F.O=S(=O)(c1ccccc1)n1ccc2c(CN3CCC3)c(O)c(F)cc21. The summed E-state index contributed by atoms with van der Waals surface area (Å²) in [6.07, 6.45) is -2.60.